The molecule has 0 bridgehead atoms. The van der Waals surface area contributed by atoms with E-state index >= 15 is 0 Å². The maximum atomic E-state index is 5.97. The summed E-state index contributed by atoms with van der Waals surface area (Å²) >= 11 is 9.69. The summed E-state index contributed by atoms with van der Waals surface area (Å²) in [5, 5.41) is 5.33. The highest BCUT2D eigenvalue weighted by Gasteiger charge is 2.15. The molecule has 2 heterocycles. The van der Waals surface area contributed by atoms with E-state index in [2.05, 4.69) is 10.3 Å². The predicted molar refractivity (Wildman–Crippen MR) is 78.6 cm³/mol. The Bertz CT molecular complexity index is 520. The van der Waals surface area contributed by atoms with E-state index in [0.717, 1.165) is 20.4 Å². The van der Waals surface area contributed by atoms with Crippen molar-refractivity contribution in [3.8, 4) is 0 Å². The number of nitrogens with one attached hydrogen (secondary N) is 1. The first-order chi connectivity index (χ1) is 8.31. The second-order valence-corrected chi connectivity index (χ2v) is 6.81. The fourth-order valence-corrected chi connectivity index (χ4v) is 4.28. The maximum Gasteiger partial charge on any atom is 0.184 e. The standard InChI is InChI=1S/C12H13ClN2S2/c13-8-3-4-10-11(6-8)17-12(15-10)14-9-2-1-5-16-7-9/h3-4,6,9H,1-2,5,7H2,(H,14,15). The third kappa shape index (κ3) is 2.69. The molecule has 3 rings (SSSR count). The smallest absolute Gasteiger partial charge is 0.184 e. The van der Waals surface area contributed by atoms with Crippen molar-refractivity contribution in [3.63, 3.8) is 0 Å². The molecule has 5 heteroatoms. The fourth-order valence-electron chi connectivity index (χ4n) is 1.99. The largest absolute Gasteiger partial charge is 0.358 e. The molecule has 1 saturated heterocycles. The number of benzene rings is 1. The van der Waals surface area contributed by atoms with Crippen LogP contribution in [0.4, 0.5) is 5.13 Å². The van der Waals surface area contributed by atoms with Crippen molar-refractivity contribution in [2.45, 2.75) is 18.9 Å². The van der Waals surface area contributed by atoms with Crippen LogP contribution in [-0.4, -0.2) is 22.5 Å². The summed E-state index contributed by atoms with van der Waals surface area (Å²) in [5.41, 5.74) is 1.03. The van der Waals surface area contributed by atoms with Crippen LogP contribution in [0.25, 0.3) is 10.2 Å². The van der Waals surface area contributed by atoms with Crippen LogP contribution in [-0.2, 0) is 0 Å². The lowest BCUT2D eigenvalue weighted by molar-refractivity contribution is 0.685. The molecule has 1 aromatic heterocycles. The highest BCUT2D eigenvalue weighted by molar-refractivity contribution is 7.99. The van der Waals surface area contributed by atoms with E-state index in [9.17, 15) is 0 Å². The van der Waals surface area contributed by atoms with E-state index < -0.39 is 0 Å². The van der Waals surface area contributed by atoms with Gasteiger partial charge < -0.3 is 5.32 Å². The topological polar surface area (TPSA) is 24.9 Å². The molecule has 0 aliphatic carbocycles. The van der Waals surface area contributed by atoms with E-state index in [-0.39, 0.29) is 0 Å². The average molecular weight is 285 g/mol. The van der Waals surface area contributed by atoms with Crippen molar-refractivity contribution in [1.29, 1.82) is 0 Å². The lowest BCUT2D eigenvalue weighted by Crippen LogP contribution is -2.25. The summed E-state index contributed by atoms with van der Waals surface area (Å²) < 4.78 is 1.16. The van der Waals surface area contributed by atoms with Crippen LogP contribution >= 0.6 is 34.7 Å². The van der Waals surface area contributed by atoms with Gasteiger partial charge in [0.1, 0.15) is 0 Å². The fraction of sp³-hybridized carbons (Fsp3) is 0.417. The van der Waals surface area contributed by atoms with E-state index in [4.69, 9.17) is 11.6 Å². The molecule has 0 saturated carbocycles. The number of thioether (sulfide) groups is 1. The van der Waals surface area contributed by atoms with Crippen molar-refractivity contribution in [2.24, 2.45) is 0 Å². The van der Waals surface area contributed by atoms with Crippen LogP contribution in [0.2, 0.25) is 5.02 Å². The number of halogens is 1. The molecule has 17 heavy (non-hydrogen) atoms. The SMILES string of the molecule is Clc1ccc2nc(NC3CCCSC3)sc2c1. The van der Waals surface area contributed by atoms with E-state index in [1.54, 1.807) is 11.3 Å². The number of rotatable bonds is 2. The third-order valence-electron chi connectivity index (χ3n) is 2.84. The minimum absolute atomic E-state index is 0.574. The Morgan fingerprint density at radius 3 is 3.18 bits per heavy atom. The Morgan fingerprint density at radius 1 is 1.41 bits per heavy atom. The molecule has 1 N–H and O–H groups in total. The summed E-state index contributed by atoms with van der Waals surface area (Å²) in [6.45, 7) is 0. The van der Waals surface area contributed by atoms with Crippen molar-refractivity contribution >= 4 is 50.0 Å². The summed E-state index contributed by atoms with van der Waals surface area (Å²) in [6, 6.07) is 6.43. The van der Waals surface area contributed by atoms with E-state index in [1.165, 1.54) is 24.3 Å². The van der Waals surface area contributed by atoms with Crippen LogP contribution in [0.3, 0.4) is 0 Å². The molecule has 1 aromatic carbocycles. The zero-order chi connectivity index (χ0) is 11.7. The predicted octanol–water partition coefficient (Wildman–Crippen LogP) is 4.26. The van der Waals surface area contributed by atoms with Gasteiger partial charge in [0.05, 0.1) is 10.2 Å². The first-order valence-corrected chi connectivity index (χ1v) is 8.06. The van der Waals surface area contributed by atoms with Crippen molar-refractivity contribution < 1.29 is 0 Å². The van der Waals surface area contributed by atoms with Gasteiger partial charge in [-0.25, -0.2) is 4.98 Å². The second kappa shape index (κ2) is 5.04. The molecular formula is C12H13ClN2S2. The second-order valence-electron chi connectivity index (χ2n) is 4.19. The number of hydrogen-bond donors (Lipinski definition) is 1. The molecule has 1 aliphatic rings. The van der Waals surface area contributed by atoms with Crippen LogP contribution in [0.1, 0.15) is 12.8 Å². The number of fused-ring (bicyclic) bond motifs is 1. The lowest BCUT2D eigenvalue weighted by atomic mass is 10.2. The molecule has 0 spiro atoms. The first-order valence-electron chi connectivity index (χ1n) is 5.71. The molecule has 2 aromatic rings. The Morgan fingerprint density at radius 2 is 2.35 bits per heavy atom. The van der Waals surface area contributed by atoms with Crippen LogP contribution in [0, 0.1) is 0 Å². The molecular weight excluding hydrogens is 272 g/mol. The van der Waals surface area contributed by atoms with Gasteiger partial charge in [0.25, 0.3) is 0 Å². The van der Waals surface area contributed by atoms with Gasteiger partial charge >= 0.3 is 0 Å². The Hall–Kier alpha value is -0.450. The molecule has 1 aliphatic heterocycles. The monoisotopic (exact) mass is 284 g/mol. The van der Waals surface area contributed by atoms with Crippen molar-refractivity contribution in [3.05, 3.63) is 23.2 Å². The Labute approximate surface area is 114 Å². The summed E-state index contributed by atoms with van der Waals surface area (Å²) in [5.74, 6) is 2.49. The normalized spacial score (nSPS) is 20.6. The van der Waals surface area contributed by atoms with Gasteiger partial charge in [0, 0.05) is 16.8 Å². The van der Waals surface area contributed by atoms with Gasteiger partial charge in [-0.05, 0) is 36.8 Å². The Kier molecular flexibility index (Phi) is 3.45. The van der Waals surface area contributed by atoms with Gasteiger partial charge in [0.2, 0.25) is 0 Å². The number of anilines is 1. The molecule has 0 radical (unpaired) electrons. The number of nitrogens with zero attached hydrogens (tertiary/aromatic N) is 1. The van der Waals surface area contributed by atoms with Gasteiger partial charge in [-0.2, -0.15) is 11.8 Å². The molecule has 90 valence electrons. The lowest BCUT2D eigenvalue weighted by Gasteiger charge is -2.21. The molecule has 2 nitrogen and oxygen atoms in total. The molecule has 1 fully saturated rings. The zero-order valence-corrected chi connectivity index (χ0v) is 11.7. The molecule has 1 unspecified atom stereocenters. The summed E-state index contributed by atoms with van der Waals surface area (Å²) in [6.07, 6.45) is 2.56. The summed E-state index contributed by atoms with van der Waals surface area (Å²) in [7, 11) is 0. The third-order valence-corrected chi connectivity index (χ3v) is 5.24. The summed E-state index contributed by atoms with van der Waals surface area (Å²) in [4.78, 5) is 4.59. The quantitative estimate of drug-likeness (QED) is 0.892. The van der Waals surface area contributed by atoms with Gasteiger partial charge in [0.15, 0.2) is 5.13 Å². The van der Waals surface area contributed by atoms with E-state index in [0.29, 0.717) is 6.04 Å². The maximum absolute atomic E-state index is 5.97. The highest BCUT2D eigenvalue weighted by atomic mass is 35.5. The Balaban J connectivity index is 1.80. The minimum atomic E-state index is 0.574. The van der Waals surface area contributed by atoms with E-state index in [1.807, 2.05) is 30.0 Å². The van der Waals surface area contributed by atoms with Gasteiger partial charge in [-0.15, -0.1) is 0 Å². The first kappa shape index (κ1) is 11.6. The number of thiazole rings is 1. The number of aromatic nitrogens is 1. The van der Waals surface area contributed by atoms with Crippen molar-refractivity contribution in [2.75, 3.05) is 16.8 Å². The zero-order valence-electron chi connectivity index (χ0n) is 9.28. The molecule has 0 amide bonds. The highest BCUT2D eigenvalue weighted by Crippen LogP contribution is 2.30. The van der Waals surface area contributed by atoms with Crippen molar-refractivity contribution in [1.82, 2.24) is 4.98 Å². The minimum Gasteiger partial charge on any atom is -0.358 e. The van der Waals surface area contributed by atoms with Gasteiger partial charge in [-0.3, -0.25) is 0 Å². The van der Waals surface area contributed by atoms with Crippen LogP contribution < -0.4 is 5.32 Å². The van der Waals surface area contributed by atoms with Crippen LogP contribution in [0.15, 0.2) is 18.2 Å². The van der Waals surface area contributed by atoms with Gasteiger partial charge in [-0.1, -0.05) is 22.9 Å². The average Bonchev–Trinajstić information content (AvgIpc) is 2.71. The molecule has 1 atom stereocenters. The number of hydrogen-bond acceptors (Lipinski definition) is 4. The van der Waals surface area contributed by atoms with Crippen LogP contribution in [0.5, 0.6) is 0 Å².